The Morgan fingerprint density at radius 3 is 2.46 bits per heavy atom. The van der Waals surface area contributed by atoms with Gasteiger partial charge in [-0.05, 0) is 17.7 Å². The molecule has 0 amide bonds. The molecule has 0 bridgehead atoms. The first-order valence-corrected chi connectivity index (χ1v) is 4.34. The molecule has 0 aliphatic carbocycles. The van der Waals surface area contributed by atoms with Gasteiger partial charge in [0.25, 0.3) is 0 Å². The van der Waals surface area contributed by atoms with Crippen LogP contribution in [0.2, 0.25) is 0 Å². The number of pyridine rings is 1. The standard InChI is InChI=1S/C10H16N2O/c1-10(2,7-13)9(11)8-3-5-12-6-4-8/h3-6,9,13H,7,11H2,1-2H3. The fraction of sp³-hybridized carbons (Fsp3) is 0.500. The summed E-state index contributed by atoms with van der Waals surface area (Å²) >= 11 is 0. The van der Waals surface area contributed by atoms with Gasteiger partial charge in [0.15, 0.2) is 0 Å². The molecular weight excluding hydrogens is 164 g/mol. The van der Waals surface area contributed by atoms with Gasteiger partial charge in [-0.15, -0.1) is 0 Å². The van der Waals surface area contributed by atoms with Crippen molar-refractivity contribution in [2.75, 3.05) is 6.61 Å². The zero-order chi connectivity index (χ0) is 9.90. The molecular formula is C10H16N2O. The van der Waals surface area contributed by atoms with Crippen molar-refractivity contribution in [3.05, 3.63) is 30.1 Å². The summed E-state index contributed by atoms with van der Waals surface area (Å²) in [5.41, 5.74) is 6.71. The molecule has 3 heteroatoms. The summed E-state index contributed by atoms with van der Waals surface area (Å²) in [6, 6.07) is 3.60. The zero-order valence-electron chi connectivity index (χ0n) is 8.07. The second kappa shape index (κ2) is 3.85. The zero-order valence-corrected chi connectivity index (χ0v) is 8.07. The van der Waals surface area contributed by atoms with E-state index in [0.717, 1.165) is 5.56 Å². The Hall–Kier alpha value is -0.930. The average Bonchev–Trinajstić information content (AvgIpc) is 2.18. The van der Waals surface area contributed by atoms with E-state index in [1.54, 1.807) is 12.4 Å². The van der Waals surface area contributed by atoms with Gasteiger partial charge in [0.05, 0.1) is 0 Å². The smallest absolute Gasteiger partial charge is 0.0500 e. The second-order valence-electron chi connectivity index (χ2n) is 3.90. The molecule has 0 fully saturated rings. The highest BCUT2D eigenvalue weighted by atomic mass is 16.3. The maximum atomic E-state index is 9.13. The van der Waals surface area contributed by atoms with Crippen molar-refractivity contribution in [2.45, 2.75) is 19.9 Å². The third kappa shape index (κ3) is 2.26. The third-order valence-corrected chi connectivity index (χ3v) is 2.31. The summed E-state index contributed by atoms with van der Waals surface area (Å²) < 4.78 is 0. The Bertz CT molecular complexity index is 259. The predicted molar refractivity (Wildman–Crippen MR) is 52.0 cm³/mol. The van der Waals surface area contributed by atoms with Gasteiger partial charge in [0.1, 0.15) is 0 Å². The monoisotopic (exact) mass is 180 g/mol. The van der Waals surface area contributed by atoms with Crippen LogP contribution in [0.3, 0.4) is 0 Å². The summed E-state index contributed by atoms with van der Waals surface area (Å²) in [4.78, 5) is 3.92. The molecule has 0 aliphatic rings. The van der Waals surface area contributed by atoms with Crippen molar-refractivity contribution in [2.24, 2.45) is 11.1 Å². The molecule has 0 radical (unpaired) electrons. The number of aliphatic hydroxyl groups excluding tert-OH is 1. The molecule has 3 N–H and O–H groups in total. The molecule has 0 aromatic carbocycles. The van der Waals surface area contributed by atoms with Crippen molar-refractivity contribution < 1.29 is 5.11 Å². The minimum atomic E-state index is -0.290. The minimum Gasteiger partial charge on any atom is -0.396 e. The van der Waals surface area contributed by atoms with Crippen molar-refractivity contribution >= 4 is 0 Å². The number of nitrogens with zero attached hydrogens (tertiary/aromatic N) is 1. The average molecular weight is 180 g/mol. The fourth-order valence-electron chi connectivity index (χ4n) is 1.12. The molecule has 0 spiro atoms. The molecule has 1 rings (SSSR count). The van der Waals surface area contributed by atoms with Crippen LogP contribution in [0, 0.1) is 5.41 Å². The van der Waals surface area contributed by atoms with E-state index in [0.29, 0.717) is 0 Å². The predicted octanol–water partition coefficient (Wildman–Crippen LogP) is 1.10. The molecule has 3 nitrogen and oxygen atoms in total. The van der Waals surface area contributed by atoms with E-state index in [2.05, 4.69) is 4.98 Å². The quantitative estimate of drug-likeness (QED) is 0.732. The summed E-state index contributed by atoms with van der Waals surface area (Å²) in [7, 11) is 0. The highest BCUT2D eigenvalue weighted by molar-refractivity contribution is 5.16. The van der Waals surface area contributed by atoms with Crippen LogP contribution < -0.4 is 5.73 Å². The van der Waals surface area contributed by atoms with E-state index in [-0.39, 0.29) is 18.1 Å². The number of aromatic nitrogens is 1. The number of aliphatic hydroxyl groups is 1. The van der Waals surface area contributed by atoms with Crippen molar-refractivity contribution in [1.29, 1.82) is 0 Å². The SMILES string of the molecule is CC(C)(CO)C(N)c1ccncc1. The molecule has 72 valence electrons. The lowest BCUT2D eigenvalue weighted by Crippen LogP contribution is -2.32. The van der Waals surface area contributed by atoms with Crippen LogP contribution in [-0.4, -0.2) is 16.7 Å². The largest absolute Gasteiger partial charge is 0.396 e. The van der Waals surface area contributed by atoms with E-state index >= 15 is 0 Å². The molecule has 1 aromatic heterocycles. The van der Waals surface area contributed by atoms with Crippen LogP contribution in [-0.2, 0) is 0 Å². The van der Waals surface area contributed by atoms with E-state index in [4.69, 9.17) is 10.8 Å². The van der Waals surface area contributed by atoms with E-state index in [1.165, 1.54) is 0 Å². The van der Waals surface area contributed by atoms with Crippen LogP contribution in [0.25, 0.3) is 0 Å². The van der Waals surface area contributed by atoms with Crippen molar-refractivity contribution in [1.82, 2.24) is 4.98 Å². The molecule has 1 aromatic rings. The maximum Gasteiger partial charge on any atom is 0.0500 e. The normalized spacial score (nSPS) is 14.2. The number of hydrogen-bond donors (Lipinski definition) is 2. The van der Waals surface area contributed by atoms with Crippen LogP contribution in [0.15, 0.2) is 24.5 Å². The van der Waals surface area contributed by atoms with Gasteiger partial charge in [-0.2, -0.15) is 0 Å². The van der Waals surface area contributed by atoms with E-state index in [9.17, 15) is 0 Å². The van der Waals surface area contributed by atoms with Gasteiger partial charge in [-0.1, -0.05) is 13.8 Å². The second-order valence-corrected chi connectivity index (χ2v) is 3.90. The van der Waals surface area contributed by atoms with Crippen LogP contribution in [0.1, 0.15) is 25.5 Å². The van der Waals surface area contributed by atoms with Crippen LogP contribution in [0.5, 0.6) is 0 Å². The first kappa shape index (κ1) is 10.2. The molecule has 0 saturated heterocycles. The highest BCUT2D eigenvalue weighted by Crippen LogP contribution is 2.29. The van der Waals surface area contributed by atoms with Gasteiger partial charge >= 0.3 is 0 Å². The Morgan fingerprint density at radius 2 is 2.00 bits per heavy atom. The Morgan fingerprint density at radius 1 is 1.46 bits per heavy atom. The van der Waals surface area contributed by atoms with Crippen molar-refractivity contribution in [3.8, 4) is 0 Å². The lowest BCUT2D eigenvalue weighted by molar-refractivity contribution is 0.132. The van der Waals surface area contributed by atoms with Gasteiger partial charge in [-0.3, -0.25) is 4.98 Å². The van der Waals surface area contributed by atoms with Gasteiger partial charge < -0.3 is 10.8 Å². The summed E-state index contributed by atoms with van der Waals surface area (Å²) in [5, 5.41) is 9.13. The van der Waals surface area contributed by atoms with Gasteiger partial charge in [-0.25, -0.2) is 0 Å². The topological polar surface area (TPSA) is 59.1 Å². The number of rotatable bonds is 3. The minimum absolute atomic E-state index is 0.0799. The van der Waals surface area contributed by atoms with Crippen molar-refractivity contribution in [3.63, 3.8) is 0 Å². The summed E-state index contributed by atoms with van der Waals surface area (Å²) in [5.74, 6) is 0. The first-order chi connectivity index (χ1) is 6.08. The summed E-state index contributed by atoms with van der Waals surface area (Å²) in [6.07, 6.45) is 3.42. The Balaban J connectivity index is 2.85. The molecule has 0 aliphatic heterocycles. The Labute approximate surface area is 78.6 Å². The third-order valence-electron chi connectivity index (χ3n) is 2.31. The number of hydrogen-bond acceptors (Lipinski definition) is 3. The molecule has 13 heavy (non-hydrogen) atoms. The lowest BCUT2D eigenvalue weighted by atomic mass is 9.82. The highest BCUT2D eigenvalue weighted by Gasteiger charge is 2.26. The van der Waals surface area contributed by atoms with Gasteiger partial charge in [0.2, 0.25) is 0 Å². The van der Waals surface area contributed by atoms with Crippen LogP contribution in [0.4, 0.5) is 0 Å². The molecule has 1 heterocycles. The van der Waals surface area contributed by atoms with E-state index in [1.807, 2.05) is 26.0 Å². The van der Waals surface area contributed by atoms with E-state index < -0.39 is 0 Å². The first-order valence-electron chi connectivity index (χ1n) is 4.34. The van der Waals surface area contributed by atoms with Gasteiger partial charge in [0, 0.05) is 30.5 Å². The molecule has 1 atom stereocenters. The molecule has 0 saturated carbocycles. The lowest BCUT2D eigenvalue weighted by Gasteiger charge is -2.29. The number of nitrogens with two attached hydrogens (primary N) is 1. The fourth-order valence-corrected chi connectivity index (χ4v) is 1.12. The Kier molecular flexibility index (Phi) is 3.01. The van der Waals surface area contributed by atoms with Crippen LogP contribution >= 0.6 is 0 Å². The maximum absolute atomic E-state index is 9.13. The summed E-state index contributed by atoms with van der Waals surface area (Å²) in [6.45, 7) is 3.96. The molecule has 1 unspecified atom stereocenters.